The molecule has 1 aromatic carbocycles. The third-order valence-electron chi connectivity index (χ3n) is 4.64. The number of rotatable bonds is 6. The van der Waals surface area contributed by atoms with Gasteiger partial charge >= 0.3 is 0 Å². The van der Waals surface area contributed by atoms with E-state index in [4.69, 9.17) is 0 Å². The maximum Gasteiger partial charge on any atom is 0.225 e. The first kappa shape index (κ1) is 16.4. The molecular formula is C18H25N3O. The molecule has 1 fully saturated rings. The molecule has 1 aliphatic carbocycles. The third kappa shape index (κ3) is 3.59. The molecule has 0 atom stereocenters. The van der Waals surface area contributed by atoms with E-state index >= 15 is 0 Å². The molecule has 4 nitrogen and oxygen atoms in total. The Bertz CT molecular complexity index is 565. The number of hydrogen-bond donors (Lipinski definition) is 2. The molecule has 1 aromatic rings. The molecule has 1 amide bonds. The Balaban J connectivity index is 1.92. The summed E-state index contributed by atoms with van der Waals surface area (Å²) < 4.78 is 0. The van der Waals surface area contributed by atoms with Gasteiger partial charge in [-0.25, -0.2) is 0 Å². The minimum absolute atomic E-state index is 0.0757. The molecule has 1 aliphatic rings. The Hall–Kier alpha value is -2.02. The number of hydrogen-bond acceptors (Lipinski definition) is 3. The molecule has 118 valence electrons. The standard InChI is InChI=1S/C18H25N3O/c1-17(2,16(22)20-3)12-9-14-5-7-15(8-6-14)21-18(13-19)10-4-11-18/h5-8,21H,4,9-12H2,1-3H3,(H,20,22). The van der Waals surface area contributed by atoms with E-state index in [-0.39, 0.29) is 16.9 Å². The molecular weight excluding hydrogens is 274 g/mol. The third-order valence-corrected chi connectivity index (χ3v) is 4.64. The van der Waals surface area contributed by atoms with Gasteiger partial charge in [0.05, 0.1) is 6.07 Å². The Kier molecular flexibility index (Phi) is 4.75. The van der Waals surface area contributed by atoms with E-state index in [9.17, 15) is 10.1 Å². The molecule has 0 aromatic heterocycles. The van der Waals surface area contributed by atoms with Crippen molar-refractivity contribution in [3.05, 3.63) is 29.8 Å². The van der Waals surface area contributed by atoms with Crippen molar-refractivity contribution < 1.29 is 4.79 Å². The Morgan fingerprint density at radius 3 is 2.41 bits per heavy atom. The van der Waals surface area contributed by atoms with Crippen LogP contribution in [0.4, 0.5) is 5.69 Å². The molecule has 0 saturated heterocycles. The van der Waals surface area contributed by atoms with Crippen LogP contribution in [0.15, 0.2) is 24.3 Å². The summed E-state index contributed by atoms with van der Waals surface area (Å²) in [5.74, 6) is 0.0757. The van der Waals surface area contributed by atoms with Gasteiger partial charge in [-0.3, -0.25) is 4.79 Å². The number of nitriles is 1. The highest BCUT2D eigenvalue weighted by molar-refractivity contribution is 5.81. The predicted molar refractivity (Wildman–Crippen MR) is 88.4 cm³/mol. The fraction of sp³-hybridized carbons (Fsp3) is 0.556. The van der Waals surface area contributed by atoms with E-state index in [1.54, 1.807) is 7.05 Å². The second kappa shape index (κ2) is 6.39. The number of nitrogens with one attached hydrogen (secondary N) is 2. The second-order valence-corrected chi connectivity index (χ2v) is 6.83. The first-order chi connectivity index (χ1) is 10.4. The van der Waals surface area contributed by atoms with Crippen molar-refractivity contribution in [3.63, 3.8) is 0 Å². The van der Waals surface area contributed by atoms with Gasteiger partial charge in [0.25, 0.3) is 0 Å². The zero-order valence-corrected chi connectivity index (χ0v) is 13.7. The number of carbonyl (C=O) groups is 1. The highest BCUT2D eigenvalue weighted by Gasteiger charge is 2.36. The van der Waals surface area contributed by atoms with Crippen LogP contribution in [0.5, 0.6) is 0 Å². The van der Waals surface area contributed by atoms with Crippen LogP contribution in [0.25, 0.3) is 0 Å². The minimum atomic E-state index is -0.359. The maximum atomic E-state index is 11.8. The quantitative estimate of drug-likeness (QED) is 0.847. The van der Waals surface area contributed by atoms with Crippen LogP contribution >= 0.6 is 0 Å². The molecule has 4 heteroatoms. The average Bonchev–Trinajstić information content (AvgIpc) is 2.49. The van der Waals surface area contributed by atoms with Crippen LogP contribution in [-0.2, 0) is 11.2 Å². The van der Waals surface area contributed by atoms with Crippen LogP contribution in [0.1, 0.15) is 45.1 Å². The molecule has 0 bridgehead atoms. The van der Waals surface area contributed by atoms with Gasteiger partial charge in [-0.1, -0.05) is 26.0 Å². The zero-order chi connectivity index (χ0) is 16.2. The van der Waals surface area contributed by atoms with Gasteiger partial charge in [-0.05, 0) is 49.8 Å². The SMILES string of the molecule is CNC(=O)C(C)(C)CCc1ccc(NC2(C#N)CCC2)cc1. The van der Waals surface area contributed by atoms with E-state index in [2.05, 4.69) is 28.8 Å². The van der Waals surface area contributed by atoms with E-state index in [0.717, 1.165) is 37.8 Å². The summed E-state index contributed by atoms with van der Waals surface area (Å²) in [5, 5.41) is 15.3. The first-order valence-corrected chi connectivity index (χ1v) is 7.91. The Morgan fingerprint density at radius 1 is 1.32 bits per heavy atom. The summed E-state index contributed by atoms with van der Waals surface area (Å²) in [5.41, 5.74) is 1.49. The number of benzene rings is 1. The van der Waals surface area contributed by atoms with Gasteiger partial charge in [-0.15, -0.1) is 0 Å². The van der Waals surface area contributed by atoms with Crippen molar-refractivity contribution in [2.24, 2.45) is 5.41 Å². The van der Waals surface area contributed by atoms with Crippen molar-refractivity contribution in [2.45, 2.75) is 51.5 Å². The van der Waals surface area contributed by atoms with Crippen LogP contribution < -0.4 is 10.6 Å². The van der Waals surface area contributed by atoms with E-state index in [0.29, 0.717) is 0 Å². The second-order valence-electron chi connectivity index (χ2n) is 6.83. The van der Waals surface area contributed by atoms with Gasteiger partial charge in [0.1, 0.15) is 5.54 Å². The molecule has 0 aliphatic heterocycles. The molecule has 0 radical (unpaired) electrons. The van der Waals surface area contributed by atoms with Crippen molar-refractivity contribution in [3.8, 4) is 6.07 Å². The number of aryl methyl sites for hydroxylation is 1. The smallest absolute Gasteiger partial charge is 0.225 e. The van der Waals surface area contributed by atoms with Crippen LogP contribution in [0, 0.1) is 16.7 Å². The number of carbonyl (C=O) groups excluding carboxylic acids is 1. The molecule has 0 spiro atoms. The molecule has 0 heterocycles. The Labute approximate surface area is 132 Å². The fourth-order valence-corrected chi connectivity index (χ4v) is 2.73. The summed E-state index contributed by atoms with van der Waals surface area (Å²) in [6, 6.07) is 10.6. The van der Waals surface area contributed by atoms with Crippen LogP contribution in [-0.4, -0.2) is 18.5 Å². The van der Waals surface area contributed by atoms with Gasteiger partial charge in [0.15, 0.2) is 0 Å². The summed E-state index contributed by atoms with van der Waals surface area (Å²) >= 11 is 0. The summed E-state index contributed by atoms with van der Waals surface area (Å²) in [6.45, 7) is 3.93. The van der Waals surface area contributed by atoms with Gasteiger partial charge < -0.3 is 10.6 Å². The van der Waals surface area contributed by atoms with Crippen molar-refractivity contribution in [2.75, 3.05) is 12.4 Å². The van der Waals surface area contributed by atoms with Crippen molar-refractivity contribution >= 4 is 11.6 Å². The number of nitrogens with zero attached hydrogens (tertiary/aromatic N) is 1. The molecule has 2 N–H and O–H groups in total. The van der Waals surface area contributed by atoms with Crippen LogP contribution in [0.2, 0.25) is 0 Å². The molecule has 0 unspecified atom stereocenters. The van der Waals surface area contributed by atoms with E-state index in [1.807, 2.05) is 26.0 Å². The number of anilines is 1. The van der Waals surface area contributed by atoms with E-state index in [1.165, 1.54) is 5.56 Å². The maximum absolute atomic E-state index is 11.8. The lowest BCUT2D eigenvalue weighted by atomic mass is 9.78. The fourth-order valence-electron chi connectivity index (χ4n) is 2.73. The minimum Gasteiger partial charge on any atom is -0.367 e. The first-order valence-electron chi connectivity index (χ1n) is 7.91. The summed E-state index contributed by atoms with van der Waals surface area (Å²) in [4.78, 5) is 11.8. The van der Waals surface area contributed by atoms with Gasteiger partial charge in [0.2, 0.25) is 5.91 Å². The predicted octanol–water partition coefficient (Wildman–Crippen LogP) is 3.25. The van der Waals surface area contributed by atoms with Gasteiger partial charge in [0, 0.05) is 18.2 Å². The molecule has 1 saturated carbocycles. The Morgan fingerprint density at radius 2 is 1.95 bits per heavy atom. The molecule has 2 rings (SSSR count). The number of amides is 1. The summed E-state index contributed by atoms with van der Waals surface area (Å²) in [6.07, 6.45) is 4.63. The summed E-state index contributed by atoms with van der Waals surface area (Å²) in [7, 11) is 1.68. The lowest BCUT2D eigenvalue weighted by Gasteiger charge is -2.36. The van der Waals surface area contributed by atoms with Crippen LogP contribution in [0.3, 0.4) is 0 Å². The highest BCUT2D eigenvalue weighted by atomic mass is 16.2. The monoisotopic (exact) mass is 299 g/mol. The topological polar surface area (TPSA) is 64.9 Å². The highest BCUT2D eigenvalue weighted by Crippen LogP contribution is 2.34. The normalized spacial score (nSPS) is 16.3. The zero-order valence-electron chi connectivity index (χ0n) is 13.7. The average molecular weight is 299 g/mol. The van der Waals surface area contributed by atoms with Crippen molar-refractivity contribution in [1.82, 2.24) is 5.32 Å². The molecule has 22 heavy (non-hydrogen) atoms. The van der Waals surface area contributed by atoms with E-state index < -0.39 is 0 Å². The lowest BCUT2D eigenvalue weighted by Crippen LogP contribution is -2.43. The van der Waals surface area contributed by atoms with Crippen molar-refractivity contribution in [1.29, 1.82) is 5.26 Å². The van der Waals surface area contributed by atoms with Gasteiger partial charge in [-0.2, -0.15) is 5.26 Å². The lowest BCUT2D eigenvalue weighted by molar-refractivity contribution is -0.129. The largest absolute Gasteiger partial charge is 0.367 e.